The molecule has 152 valence electrons. The lowest BCUT2D eigenvalue weighted by atomic mass is 10.2. The number of carbonyl (C=O) groups excluding carboxylic acids is 1. The largest absolute Gasteiger partial charge is 0.494 e. The number of carbonyl (C=O) groups is 1. The van der Waals surface area contributed by atoms with Crippen molar-refractivity contribution in [3.8, 4) is 23.0 Å². The number of amides is 1. The van der Waals surface area contributed by atoms with Crippen LogP contribution in [0.25, 0.3) is 11.5 Å². The minimum atomic E-state index is -0.329. The van der Waals surface area contributed by atoms with Crippen molar-refractivity contribution in [1.82, 2.24) is 10.2 Å². The number of aromatic nitrogens is 2. The summed E-state index contributed by atoms with van der Waals surface area (Å²) >= 11 is 0. The third kappa shape index (κ3) is 5.81. The summed E-state index contributed by atoms with van der Waals surface area (Å²) in [6.07, 6.45) is 3.31. The van der Waals surface area contributed by atoms with Crippen molar-refractivity contribution in [2.45, 2.75) is 33.1 Å². The van der Waals surface area contributed by atoms with E-state index >= 15 is 0 Å². The molecule has 29 heavy (non-hydrogen) atoms. The van der Waals surface area contributed by atoms with Gasteiger partial charge < -0.3 is 13.9 Å². The van der Waals surface area contributed by atoms with Crippen LogP contribution in [0.1, 0.15) is 43.5 Å². The molecular formula is C22H25N3O4. The lowest BCUT2D eigenvalue weighted by molar-refractivity contribution is 0.102. The Morgan fingerprint density at radius 3 is 2.31 bits per heavy atom. The van der Waals surface area contributed by atoms with Gasteiger partial charge in [-0.3, -0.25) is 10.1 Å². The highest BCUT2D eigenvalue weighted by Gasteiger charge is 2.13. The maximum Gasteiger partial charge on any atom is 0.322 e. The second kappa shape index (κ2) is 10.3. The van der Waals surface area contributed by atoms with E-state index in [-0.39, 0.29) is 11.9 Å². The molecule has 1 aromatic heterocycles. The zero-order valence-corrected chi connectivity index (χ0v) is 16.7. The molecule has 0 saturated heterocycles. The zero-order valence-electron chi connectivity index (χ0n) is 16.7. The molecule has 7 nitrogen and oxygen atoms in total. The van der Waals surface area contributed by atoms with Gasteiger partial charge in [0.05, 0.1) is 13.2 Å². The minimum absolute atomic E-state index is 0.0405. The van der Waals surface area contributed by atoms with Gasteiger partial charge in [0.2, 0.25) is 5.89 Å². The fourth-order valence-corrected chi connectivity index (χ4v) is 2.66. The lowest BCUT2D eigenvalue weighted by Crippen LogP contribution is -2.12. The smallest absolute Gasteiger partial charge is 0.322 e. The fourth-order valence-electron chi connectivity index (χ4n) is 2.66. The number of unbranched alkanes of at least 4 members (excludes halogenated alkanes) is 2. The third-order valence-electron chi connectivity index (χ3n) is 4.19. The van der Waals surface area contributed by atoms with Crippen LogP contribution in [0.4, 0.5) is 6.01 Å². The third-order valence-corrected chi connectivity index (χ3v) is 4.19. The molecular weight excluding hydrogens is 370 g/mol. The van der Waals surface area contributed by atoms with Gasteiger partial charge in [-0.05, 0) is 61.9 Å². The second-order valence-corrected chi connectivity index (χ2v) is 6.40. The zero-order chi connectivity index (χ0) is 20.5. The molecule has 0 aliphatic carbocycles. The van der Waals surface area contributed by atoms with Crippen molar-refractivity contribution < 1.29 is 18.7 Å². The van der Waals surface area contributed by atoms with Gasteiger partial charge in [0.25, 0.3) is 5.91 Å². The van der Waals surface area contributed by atoms with Crippen molar-refractivity contribution in [3.05, 3.63) is 54.1 Å². The van der Waals surface area contributed by atoms with Crippen molar-refractivity contribution >= 4 is 11.9 Å². The maximum atomic E-state index is 12.4. The number of rotatable bonds is 10. The van der Waals surface area contributed by atoms with Crippen LogP contribution < -0.4 is 14.8 Å². The van der Waals surface area contributed by atoms with Gasteiger partial charge in [0, 0.05) is 11.1 Å². The van der Waals surface area contributed by atoms with E-state index < -0.39 is 0 Å². The standard InChI is InChI=1S/C22H25N3O4/c1-3-5-6-15-28-19-11-7-16(8-12-19)20(26)23-22-25-24-21(29-22)17-9-13-18(14-10-17)27-4-2/h7-14H,3-6,15H2,1-2H3,(H,23,25,26). The maximum absolute atomic E-state index is 12.4. The first kappa shape index (κ1) is 20.4. The Bertz CT molecular complexity index is 905. The van der Waals surface area contributed by atoms with Crippen LogP contribution in [0, 0.1) is 0 Å². The Kier molecular flexibility index (Phi) is 7.22. The lowest BCUT2D eigenvalue weighted by Gasteiger charge is -2.06. The van der Waals surface area contributed by atoms with Crippen LogP contribution in [-0.2, 0) is 0 Å². The number of nitrogens with one attached hydrogen (secondary N) is 1. The highest BCUT2D eigenvalue weighted by atomic mass is 16.5. The Morgan fingerprint density at radius 1 is 0.931 bits per heavy atom. The van der Waals surface area contributed by atoms with Crippen LogP contribution in [-0.4, -0.2) is 29.3 Å². The summed E-state index contributed by atoms with van der Waals surface area (Å²) in [7, 11) is 0. The molecule has 0 unspecified atom stereocenters. The molecule has 0 radical (unpaired) electrons. The van der Waals surface area contributed by atoms with Crippen LogP contribution in [0.15, 0.2) is 52.9 Å². The molecule has 3 aromatic rings. The van der Waals surface area contributed by atoms with E-state index in [1.165, 1.54) is 0 Å². The SMILES string of the molecule is CCCCCOc1ccc(C(=O)Nc2nnc(-c3ccc(OCC)cc3)o2)cc1. The first-order valence-corrected chi connectivity index (χ1v) is 9.80. The predicted octanol–water partition coefficient (Wildman–Crippen LogP) is 4.96. The molecule has 0 bridgehead atoms. The predicted molar refractivity (Wildman–Crippen MR) is 110 cm³/mol. The van der Waals surface area contributed by atoms with Crippen LogP contribution in [0.2, 0.25) is 0 Å². The highest BCUT2D eigenvalue weighted by molar-refractivity contribution is 6.03. The van der Waals surface area contributed by atoms with Gasteiger partial charge in [-0.1, -0.05) is 24.9 Å². The number of anilines is 1. The topological polar surface area (TPSA) is 86.5 Å². The molecule has 1 amide bonds. The molecule has 0 fully saturated rings. The fraction of sp³-hybridized carbons (Fsp3) is 0.318. The van der Waals surface area contributed by atoms with E-state index in [0.29, 0.717) is 24.7 Å². The number of hydrogen-bond acceptors (Lipinski definition) is 6. The number of hydrogen-bond donors (Lipinski definition) is 1. The van der Waals surface area contributed by atoms with Crippen molar-refractivity contribution in [2.24, 2.45) is 0 Å². The van der Waals surface area contributed by atoms with Crippen LogP contribution in [0.3, 0.4) is 0 Å². The molecule has 0 aliphatic heterocycles. The molecule has 7 heteroatoms. The molecule has 0 spiro atoms. The molecule has 0 saturated carbocycles. The Morgan fingerprint density at radius 2 is 1.62 bits per heavy atom. The summed E-state index contributed by atoms with van der Waals surface area (Å²) < 4.78 is 16.6. The average Bonchev–Trinajstić information content (AvgIpc) is 3.21. The molecule has 0 aliphatic rings. The van der Waals surface area contributed by atoms with E-state index in [9.17, 15) is 4.79 Å². The molecule has 3 rings (SSSR count). The number of nitrogens with zero attached hydrogens (tertiary/aromatic N) is 2. The Labute approximate surface area is 170 Å². The average molecular weight is 395 g/mol. The summed E-state index contributed by atoms with van der Waals surface area (Å²) in [5.74, 6) is 1.50. The molecule has 2 aromatic carbocycles. The quantitative estimate of drug-likeness (QED) is 0.489. The van der Waals surface area contributed by atoms with E-state index in [1.54, 1.807) is 24.3 Å². The molecule has 1 N–H and O–H groups in total. The summed E-state index contributed by atoms with van der Waals surface area (Å²) in [5, 5.41) is 10.5. The van der Waals surface area contributed by atoms with E-state index in [2.05, 4.69) is 22.4 Å². The van der Waals surface area contributed by atoms with Crippen LogP contribution in [0.5, 0.6) is 11.5 Å². The van der Waals surface area contributed by atoms with Gasteiger partial charge in [0.15, 0.2) is 0 Å². The molecule has 1 heterocycles. The van der Waals surface area contributed by atoms with Crippen LogP contribution >= 0.6 is 0 Å². The van der Waals surface area contributed by atoms with Crippen molar-refractivity contribution in [1.29, 1.82) is 0 Å². The van der Waals surface area contributed by atoms with E-state index in [1.807, 2.05) is 31.2 Å². The minimum Gasteiger partial charge on any atom is -0.494 e. The van der Waals surface area contributed by atoms with E-state index in [4.69, 9.17) is 13.9 Å². The monoisotopic (exact) mass is 395 g/mol. The first-order chi connectivity index (χ1) is 14.2. The first-order valence-electron chi connectivity index (χ1n) is 9.80. The summed E-state index contributed by atoms with van der Waals surface area (Å²) in [5.41, 5.74) is 1.22. The van der Waals surface area contributed by atoms with Gasteiger partial charge in [0.1, 0.15) is 11.5 Å². The Hall–Kier alpha value is -3.35. The molecule has 0 atom stereocenters. The normalized spacial score (nSPS) is 10.6. The summed E-state index contributed by atoms with van der Waals surface area (Å²) in [6, 6.07) is 14.3. The van der Waals surface area contributed by atoms with Gasteiger partial charge in [-0.25, -0.2) is 0 Å². The number of benzene rings is 2. The van der Waals surface area contributed by atoms with Crippen molar-refractivity contribution in [2.75, 3.05) is 18.5 Å². The van der Waals surface area contributed by atoms with Gasteiger partial charge in [-0.2, -0.15) is 0 Å². The number of ether oxygens (including phenoxy) is 2. The highest BCUT2D eigenvalue weighted by Crippen LogP contribution is 2.23. The second-order valence-electron chi connectivity index (χ2n) is 6.40. The Balaban J connectivity index is 1.57. The van der Waals surface area contributed by atoms with Gasteiger partial charge >= 0.3 is 6.01 Å². The van der Waals surface area contributed by atoms with E-state index in [0.717, 1.165) is 36.3 Å². The van der Waals surface area contributed by atoms with Gasteiger partial charge in [-0.15, -0.1) is 5.10 Å². The summed E-state index contributed by atoms with van der Waals surface area (Å²) in [4.78, 5) is 12.4. The summed E-state index contributed by atoms with van der Waals surface area (Å²) in [6.45, 7) is 5.35. The van der Waals surface area contributed by atoms with Crippen molar-refractivity contribution in [3.63, 3.8) is 0 Å².